The molecule has 1 saturated heterocycles. The molecule has 0 radical (unpaired) electrons. The van der Waals surface area contributed by atoms with E-state index in [1.54, 1.807) is 0 Å². The summed E-state index contributed by atoms with van der Waals surface area (Å²) in [4.78, 5) is 0. The zero-order chi connectivity index (χ0) is 13.7. The highest BCUT2D eigenvalue weighted by molar-refractivity contribution is 4.95. The topological polar surface area (TPSA) is 56.5 Å². The van der Waals surface area contributed by atoms with E-state index >= 15 is 0 Å². The van der Waals surface area contributed by atoms with Crippen LogP contribution in [0.25, 0.3) is 0 Å². The predicted molar refractivity (Wildman–Crippen MR) is 76.7 cm³/mol. The first-order valence-corrected chi connectivity index (χ1v) is 7.96. The van der Waals surface area contributed by atoms with Crippen LogP contribution < -0.4 is 11.3 Å². The Balaban J connectivity index is 2.00. The summed E-state index contributed by atoms with van der Waals surface area (Å²) in [6.07, 6.45) is 8.56. The van der Waals surface area contributed by atoms with Crippen molar-refractivity contribution >= 4 is 0 Å². The van der Waals surface area contributed by atoms with E-state index in [0.717, 1.165) is 32.5 Å². The molecule has 3 unspecified atom stereocenters. The molecule has 3 N–H and O–H groups in total. The van der Waals surface area contributed by atoms with E-state index in [1.807, 2.05) is 0 Å². The molecule has 1 aliphatic carbocycles. The summed E-state index contributed by atoms with van der Waals surface area (Å²) in [5.41, 5.74) is 3.19. The normalized spacial score (nSPS) is 29.5. The molecule has 1 heterocycles. The van der Waals surface area contributed by atoms with Crippen LogP contribution in [0.3, 0.4) is 0 Å². The Labute approximate surface area is 117 Å². The van der Waals surface area contributed by atoms with Crippen molar-refractivity contribution < 1.29 is 9.47 Å². The molecule has 2 rings (SSSR count). The van der Waals surface area contributed by atoms with Crippen LogP contribution in [0.15, 0.2) is 0 Å². The molecular formula is C15H30N2O2. The van der Waals surface area contributed by atoms with Gasteiger partial charge in [-0.1, -0.05) is 19.8 Å². The number of rotatable bonds is 6. The van der Waals surface area contributed by atoms with Gasteiger partial charge < -0.3 is 9.47 Å². The number of nitrogens with two attached hydrogens (primary N) is 1. The van der Waals surface area contributed by atoms with Gasteiger partial charge in [0.05, 0.1) is 17.7 Å². The molecule has 1 spiro atoms. The summed E-state index contributed by atoms with van der Waals surface area (Å²) in [6.45, 7) is 5.87. The van der Waals surface area contributed by atoms with Gasteiger partial charge in [-0.2, -0.15) is 0 Å². The fourth-order valence-corrected chi connectivity index (χ4v) is 3.98. The third-order valence-corrected chi connectivity index (χ3v) is 4.93. The van der Waals surface area contributed by atoms with Crippen molar-refractivity contribution in [2.45, 2.75) is 76.5 Å². The average molecular weight is 270 g/mol. The van der Waals surface area contributed by atoms with Gasteiger partial charge in [0.15, 0.2) is 0 Å². The zero-order valence-corrected chi connectivity index (χ0v) is 12.5. The second kappa shape index (κ2) is 7.02. The van der Waals surface area contributed by atoms with Gasteiger partial charge >= 0.3 is 0 Å². The largest absolute Gasteiger partial charge is 0.377 e. The fraction of sp³-hybridized carbons (Fsp3) is 1.00. The predicted octanol–water partition coefficient (Wildman–Crippen LogP) is 2.37. The lowest BCUT2D eigenvalue weighted by atomic mass is 9.79. The minimum absolute atomic E-state index is 0.155. The Morgan fingerprint density at radius 2 is 2.11 bits per heavy atom. The van der Waals surface area contributed by atoms with E-state index in [2.05, 4.69) is 19.3 Å². The van der Waals surface area contributed by atoms with Crippen molar-refractivity contribution in [3.05, 3.63) is 0 Å². The minimum Gasteiger partial charge on any atom is -0.377 e. The summed E-state index contributed by atoms with van der Waals surface area (Å²) in [6, 6.07) is 0.256. The van der Waals surface area contributed by atoms with Crippen molar-refractivity contribution in [3.63, 3.8) is 0 Å². The maximum Gasteiger partial charge on any atom is 0.0741 e. The quantitative estimate of drug-likeness (QED) is 0.575. The first-order chi connectivity index (χ1) is 9.24. The smallest absolute Gasteiger partial charge is 0.0741 e. The van der Waals surface area contributed by atoms with E-state index in [4.69, 9.17) is 15.3 Å². The van der Waals surface area contributed by atoms with Crippen LogP contribution in [-0.4, -0.2) is 31.0 Å². The van der Waals surface area contributed by atoms with Crippen molar-refractivity contribution in [3.8, 4) is 0 Å². The molecule has 0 aromatic carbocycles. The molecule has 2 aliphatic rings. The maximum absolute atomic E-state index is 6.12. The molecule has 3 atom stereocenters. The molecule has 0 amide bonds. The van der Waals surface area contributed by atoms with Crippen molar-refractivity contribution in [1.82, 2.24) is 5.43 Å². The van der Waals surface area contributed by atoms with Gasteiger partial charge in [0.25, 0.3) is 0 Å². The lowest BCUT2D eigenvalue weighted by Crippen LogP contribution is -2.53. The fourth-order valence-electron chi connectivity index (χ4n) is 3.98. The van der Waals surface area contributed by atoms with Gasteiger partial charge in [-0.15, -0.1) is 0 Å². The third kappa shape index (κ3) is 3.48. The van der Waals surface area contributed by atoms with Gasteiger partial charge in [-0.25, -0.2) is 0 Å². The SMILES string of the molecule is CCOC(CC)C(NN)C1CCOC2(CCCC2)C1. The van der Waals surface area contributed by atoms with Crippen molar-refractivity contribution in [2.24, 2.45) is 11.8 Å². The Bertz CT molecular complexity index is 267. The Hall–Kier alpha value is -0.160. The van der Waals surface area contributed by atoms with Crippen LogP contribution in [0.2, 0.25) is 0 Å². The highest BCUT2D eigenvalue weighted by atomic mass is 16.5. The minimum atomic E-state index is 0.155. The molecular weight excluding hydrogens is 240 g/mol. The number of hydrazine groups is 1. The number of hydrogen-bond donors (Lipinski definition) is 2. The Morgan fingerprint density at radius 1 is 1.37 bits per heavy atom. The van der Waals surface area contributed by atoms with Crippen LogP contribution in [0.5, 0.6) is 0 Å². The summed E-state index contributed by atoms with van der Waals surface area (Å²) in [7, 11) is 0. The van der Waals surface area contributed by atoms with E-state index in [0.29, 0.717) is 5.92 Å². The number of nitrogens with one attached hydrogen (secondary N) is 1. The standard InChI is InChI=1S/C15H30N2O2/c1-3-13(18-4-2)14(17-16)12-7-10-19-15(11-12)8-5-6-9-15/h12-14,17H,3-11,16H2,1-2H3. The second-order valence-electron chi connectivity index (χ2n) is 6.09. The van der Waals surface area contributed by atoms with Gasteiger partial charge in [0, 0.05) is 13.2 Å². The lowest BCUT2D eigenvalue weighted by molar-refractivity contribution is -0.109. The van der Waals surface area contributed by atoms with E-state index in [9.17, 15) is 0 Å². The number of ether oxygens (including phenoxy) is 2. The average Bonchev–Trinajstić information content (AvgIpc) is 2.86. The molecule has 2 fully saturated rings. The molecule has 0 bridgehead atoms. The highest BCUT2D eigenvalue weighted by Crippen LogP contribution is 2.43. The Morgan fingerprint density at radius 3 is 2.68 bits per heavy atom. The summed E-state index contributed by atoms with van der Waals surface area (Å²) < 4.78 is 12.0. The first kappa shape index (κ1) is 15.2. The van der Waals surface area contributed by atoms with Crippen LogP contribution >= 0.6 is 0 Å². The van der Waals surface area contributed by atoms with Crippen molar-refractivity contribution in [1.29, 1.82) is 0 Å². The summed E-state index contributed by atoms with van der Waals surface area (Å²) >= 11 is 0. The van der Waals surface area contributed by atoms with Gasteiger partial charge in [0.1, 0.15) is 0 Å². The number of hydrogen-bond acceptors (Lipinski definition) is 4. The monoisotopic (exact) mass is 270 g/mol. The van der Waals surface area contributed by atoms with Crippen LogP contribution in [-0.2, 0) is 9.47 Å². The van der Waals surface area contributed by atoms with Gasteiger partial charge in [-0.3, -0.25) is 11.3 Å². The van der Waals surface area contributed by atoms with Crippen LogP contribution in [0.1, 0.15) is 58.8 Å². The summed E-state index contributed by atoms with van der Waals surface area (Å²) in [5, 5.41) is 0. The molecule has 4 nitrogen and oxygen atoms in total. The molecule has 19 heavy (non-hydrogen) atoms. The first-order valence-electron chi connectivity index (χ1n) is 7.96. The van der Waals surface area contributed by atoms with E-state index in [-0.39, 0.29) is 17.7 Å². The Kier molecular flexibility index (Phi) is 5.63. The molecule has 0 aromatic rings. The maximum atomic E-state index is 6.12. The molecule has 4 heteroatoms. The molecule has 0 aromatic heterocycles. The second-order valence-corrected chi connectivity index (χ2v) is 6.09. The highest BCUT2D eigenvalue weighted by Gasteiger charge is 2.43. The third-order valence-electron chi connectivity index (χ3n) is 4.93. The molecule has 112 valence electrons. The van der Waals surface area contributed by atoms with Crippen LogP contribution in [0.4, 0.5) is 0 Å². The lowest BCUT2D eigenvalue weighted by Gasteiger charge is -2.43. The van der Waals surface area contributed by atoms with Crippen molar-refractivity contribution in [2.75, 3.05) is 13.2 Å². The molecule has 1 aliphatic heterocycles. The van der Waals surface area contributed by atoms with Gasteiger partial charge in [0.2, 0.25) is 0 Å². The van der Waals surface area contributed by atoms with E-state index < -0.39 is 0 Å². The van der Waals surface area contributed by atoms with Crippen LogP contribution in [0, 0.1) is 5.92 Å². The van der Waals surface area contributed by atoms with Gasteiger partial charge in [-0.05, 0) is 44.9 Å². The zero-order valence-electron chi connectivity index (χ0n) is 12.5. The summed E-state index contributed by atoms with van der Waals surface area (Å²) in [5.74, 6) is 6.40. The van der Waals surface area contributed by atoms with E-state index in [1.165, 1.54) is 25.7 Å². The molecule has 1 saturated carbocycles.